The fourth-order valence-electron chi connectivity index (χ4n) is 3.05. The maximum atomic E-state index is 12.7. The summed E-state index contributed by atoms with van der Waals surface area (Å²) in [4.78, 5) is 25.1. The summed E-state index contributed by atoms with van der Waals surface area (Å²) in [6.45, 7) is 7.97. The molecule has 3 rings (SSSR count). The van der Waals surface area contributed by atoms with Gasteiger partial charge in [0.15, 0.2) is 5.69 Å². The first kappa shape index (κ1) is 19.5. The Morgan fingerprint density at radius 3 is 2.18 bits per heavy atom. The summed E-state index contributed by atoms with van der Waals surface area (Å²) in [6.07, 6.45) is 0. The molecule has 5 nitrogen and oxygen atoms in total. The van der Waals surface area contributed by atoms with Crippen molar-refractivity contribution in [3.63, 3.8) is 0 Å². The number of amides is 1. The van der Waals surface area contributed by atoms with Crippen LogP contribution in [0.15, 0.2) is 65.5 Å². The maximum Gasteiger partial charge on any atom is 0.276 e. The lowest BCUT2D eigenvalue weighted by atomic mass is 9.99. The molecule has 1 atom stereocenters. The molecule has 0 saturated heterocycles. The summed E-state index contributed by atoms with van der Waals surface area (Å²) in [5.41, 5.74) is 3.20. The summed E-state index contributed by atoms with van der Waals surface area (Å²) < 4.78 is 1.61. The van der Waals surface area contributed by atoms with Gasteiger partial charge in [0.25, 0.3) is 5.91 Å². The highest BCUT2D eigenvalue weighted by Crippen LogP contribution is 2.18. The summed E-state index contributed by atoms with van der Waals surface area (Å²) in [7, 11) is 0. The Morgan fingerprint density at radius 1 is 0.964 bits per heavy atom. The number of benzene rings is 2. The van der Waals surface area contributed by atoms with Gasteiger partial charge in [-0.3, -0.25) is 9.59 Å². The average molecular weight is 375 g/mol. The number of nitrogens with one attached hydrogen (secondary N) is 1. The van der Waals surface area contributed by atoms with E-state index in [2.05, 4.69) is 36.4 Å². The molecule has 3 aromatic rings. The maximum absolute atomic E-state index is 12.7. The summed E-state index contributed by atoms with van der Waals surface area (Å²) in [5, 5.41) is 7.20. The third-order valence-corrected chi connectivity index (χ3v) is 4.77. The Bertz CT molecular complexity index is 1020. The molecule has 1 unspecified atom stereocenters. The minimum absolute atomic E-state index is 0.111. The highest BCUT2D eigenvalue weighted by molar-refractivity contribution is 5.92. The van der Waals surface area contributed by atoms with Crippen LogP contribution in [-0.2, 0) is 0 Å². The predicted octanol–water partition coefficient (Wildman–Crippen LogP) is 4.16. The highest BCUT2D eigenvalue weighted by Gasteiger charge is 2.18. The zero-order valence-corrected chi connectivity index (χ0v) is 16.6. The normalized spacial score (nSPS) is 12.0. The predicted molar refractivity (Wildman–Crippen MR) is 111 cm³/mol. The molecule has 144 valence electrons. The van der Waals surface area contributed by atoms with E-state index >= 15 is 0 Å². The second-order valence-electron chi connectivity index (χ2n) is 7.26. The largest absolute Gasteiger partial charge is 0.344 e. The van der Waals surface area contributed by atoms with E-state index in [0.717, 1.165) is 11.3 Å². The first-order valence-electron chi connectivity index (χ1n) is 9.44. The van der Waals surface area contributed by atoms with Gasteiger partial charge in [-0.2, -0.15) is 5.10 Å². The average Bonchev–Trinajstić information content (AvgIpc) is 2.68. The van der Waals surface area contributed by atoms with Gasteiger partial charge in [0, 0.05) is 11.8 Å². The number of nitrogens with zero attached hydrogens (tertiary/aromatic N) is 2. The highest BCUT2D eigenvalue weighted by atomic mass is 16.2. The lowest BCUT2D eigenvalue weighted by Crippen LogP contribution is -2.33. The third kappa shape index (κ3) is 4.19. The van der Waals surface area contributed by atoms with Crippen LogP contribution >= 0.6 is 0 Å². The lowest BCUT2D eigenvalue weighted by Gasteiger charge is -2.16. The first-order chi connectivity index (χ1) is 13.4. The van der Waals surface area contributed by atoms with Crippen molar-refractivity contribution in [3.8, 4) is 5.69 Å². The van der Waals surface area contributed by atoms with Gasteiger partial charge in [-0.1, -0.05) is 56.3 Å². The topological polar surface area (TPSA) is 64.0 Å². The van der Waals surface area contributed by atoms with Crippen LogP contribution in [0.5, 0.6) is 0 Å². The van der Waals surface area contributed by atoms with Gasteiger partial charge in [-0.15, -0.1) is 0 Å². The molecule has 0 aliphatic carbocycles. The number of para-hydroxylation sites is 1. The molecule has 2 aromatic carbocycles. The van der Waals surface area contributed by atoms with Gasteiger partial charge in [-0.05, 0) is 43.0 Å². The second-order valence-corrected chi connectivity index (χ2v) is 7.26. The lowest BCUT2D eigenvalue weighted by molar-refractivity contribution is 0.0932. The van der Waals surface area contributed by atoms with Crippen molar-refractivity contribution in [2.24, 2.45) is 0 Å². The Hall–Kier alpha value is -3.21. The molecule has 1 heterocycles. The molecule has 0 spiro atoms. The zero-order chi connectivity index (χ0) is 20.3. The van der Waals surface area contributed by atoms with Crippen molar-refractivity contribution in [3.05, 3.63) is 93.4 Å². The van der Waals surface area contributed by atoms with Gasteiger partial charge < -0.3 is 5.32 Å². The standard InChI is InChI=1S/C23H25N3O2/c1-15(2)18-10-12-19(13-11-18)17(4)24-23(28)22-21(27)14-16(3)26(25-22)20-8-6-5-7-9-20/h5-15,17H,1-4H3,(H,24,28). The van der Waals surface area contributed by atoms with Crippen LogP contribution in [0.4, 0.5) is 0 Å². The molecule has 0 radical (unpaired) electrons. The van der Waals surface area contributed by atoms with E-state index in [1.807, 2.05) is 49.4 Å². The van der Waals surface area contributed by atoms with Gasteiger partial charge in [0.05, 0.1) is 11.7 Å². The van der Waals surface area contributed by atoms with E-state index in [4.69, 9.17) is 0 Å². The van der Waals surface area contributed by atoms with Crippen molar-refractivity contribution in [2.75, 3.05) is 0 Å². The minimum atomic E-state index is -0.477. The van der Waals surface area contributed by atoms with E-state index in [-0.39, 0.29) is 17.2 Å². The van der Waals surface area contributed by atoms with E-state index in [0.29, 0.717) is 11.6 Å². The van der Waals surface area contributed by atoms with Crippen LogP contribution in [-0.4, -0.2) is 15.7 Å². The number of aryl methyl sites for hydroxylation is 1. The quantitative estimate of drug-likeness (QED) is 0.728. The molecule has 0 fully saturated rings. The summed E-state index contributed by atoms with van der Waals surface area (Å²) >= 11 is 0. The smallest absolute Gasteiger partial charge is 0.276 e. The zero-order valence-electron chi connectivity index (χ0n) is 16.6. The first-order valence-corrected chi connectivity index (χ1v) is 9.44. The number of carbonyl (C=O) groups excluding carboxylic acids is 1. The third-order valence-electron chi connectivity index (χ3n) is 4.77. The molecule has 0 aliphatic rings. The molecule has 0 aliphatic heterocycles. The van der Waals surface area contributed by atoms with E-state index in [1.54, 1.807) is 11.6 Å². The van der Waals surface area contributed by atoms with Crippen molar-refractivity contribution in [2.45, 2.75) is 39.7 Å². The van der Waals surface area contributed by atoms with Crippen LogP contribution in [0.3, 0.4) is 0 Å². The summed E-state index contributed by atoms with van der Waals surface area (Å²) in [5.74, 6) is -0.0257. The van der Waals surface area contributed by atoms with Crippen LogP contribution in [0.25, 0.3) is 5.69 Å². The van der Waals surface area contributed by atoms with Crippen molar-refractivity contribution >= 4 is 5.91 Å². The Balaban J connectivity index is 1.85. The molecule has 5 heteroatoms. The van der Waals surface area contributed by atoms with Crippen molar-refractivity contribution in [1.82, 2.24) is 15.1 Å². The fraction of sp³-hybridized carbons (Fsp3) is 0.261. The van der Waals surface area contributed by atoms with Crippen LogP contribution in [0.2, 0.25) is 0 Å². The van der Waals surface area contributed by atoms with Gasteiger partial charge in [-0.25, -0.2) is 4.68 Å². The Morgan fingerprint density at radius 2 is 1.57 bits per heavy atom. The van der Waals surface area contributed by atoms with Crippen LogP contribution < -0.4 is 10.7 Å². The molecule has 0 saturated carbocycles. The molecule has 1 aromatic heterocycles. The minimum Gasteiger partial charge on any atom is -0.344 e. The molecule has 28 heavy (non-hydrogen) atoms. The van der Waals surface area contributed by atoms with Crippen LogP contribution in [0, 0.1) is 6.92 Å². The SMILES string of the molecule is Cc1cc(=O)c(C(=O)NC(C)c2ccc(C(C)C)cc2)nn1-c1ccccc1. The molecular weight excluding hydrogens is 350 g/mol. The molecule has 1 amide bonds. The number of rotatable bonds is 5. The van der Waals surface area contributed by atoms with Crippen molar-refractivity contribution in [1.29, 1.82) is 0 Å². The second kappa shape index (κ2) is 8.21. The van der Waals surface area contributed by atoms with Gasteiger partial charge >= 0.3 is 0 Å². The van der Waals surface area contributed by atoms with Gasteiger partial charge in [0.2, 0.25) is 5.43 Å². The van der Waals surface area contributed by atoms with E-state index in [9.17, 15) is 9.59 Å². The number of hydrogen-bond acceptors (Lipinski definition) is 3. The molecular formula is C23H25N3O2. The molecule has 0 bridgehead atoms. The summed E-state index contributed by atoms with van der Waals surface area (Å²) in [6, 6.07) is 18.8. The number of carbonyl (C=O) groups is 1. The fourth-order valence-corrected chi connectivity index (χ4v) is 3.05. The monoisotopic (exact) mass is 375 g/mol. The molecule has 1 N–H and O–H groups in total. The Kier molecular flexibility index (Phi) is 5.73. The number of aromatic nitrogens is 2. The van der Waals surface area contributed by atoms with E-state index < -0.39 is 5.91 Å². The van der Waals surface area contributed by atoms with E-state index in [1.165, 1.54) is 11.6 Å². The Labute approximate surface area is 165 Å². The van der Waals surface area contributed by atoms with Crippen molar-refractivity contribution < 1.29 is 4.79 Å². The number of hydrogen-bond donors (Lipinski definition) is 1. The van der Waals surface area contributed by atoms with Crippen LogP contribution in [0.1, 0.15) is 60.0 Å². The van der Waals surface area contributed by atoms with Gasteiger partial charge in [0.1, 0.15) is 0 Å².